The minimum absolute atomic E-state index is 0.151. The lowest BCUT2D eigenvalue weighted by atomic mass is 9.87. The van der Waals surface area contributed by atoms with E-state index in [2.05, 4.69) is 51.7 Å². The molecule has 1 N–H and O–H groups in total. The van der Waals surface area contributed by atoms with Crippen LogP contribution in [0.15, 0.2) is 59.7 Å². The fourth-order valence-corrected chi connectivity index (χ4v) is 5.76. The maximum Gasteiger partial charge on any atom is 0.156 e. The summed E-state index contributed by atoms with van der Waals surface area (Å²) in [7, 11) is 0. The van der Waals surface area contributed by atoms with Gasteiger partial charge in [-0.25, -0.2) is 28.2 Å². The van der Waals surface area contributed by atoms with Crippen LogP contribution in [0, 0.1) is 11.6 Å². The van der Waals surface area contributed by atoms with Crippen LogP contribution in [0.3, 0.4) is 0 Å². The van der Waals surface area contributed by atoms with Crippen molar-refractivity contribution in [2.24, 2.45) is 0 Å². The molecule has 0 spiro atoms. The molecule has 2 atom stereocenters. The number of hydrogen-bond acceptors (Lipinski definition) is 7. The first-order valence-electron chi connectivity index (χ1n) is 12.4. The molecule has 0 saturated carbocycles. The predicted molar refractivity (Wildman–Crippen MR) is 151 cm³/mol. The highest BCUT2D eigenvalue weighted by molar-refractivity contribution is 9.10. The van der Waals surface area contributed by atoms with E-state index in [0.29, 0.717) is 24.4 Å². The monoisotopic (exact) mass is 615 g/mol. The number of benzene rings is 1. The molecular weight excluding hydrogens is 588 g/mol. The summed E-state index contributed by atoms with van der Waals surface area (Å²) in [4.78, 5) is 15.8. The number of hydrogen-bond donors (Lipinski definition) is 1. The number of rotatable bonds is 6. The molecule has 1 unspecified atom stereocenters. The third-order valence-electron chi connectivity index (χ3n) is 6.70. The van der Waals surface area contributed by atoms with Crippen molar-refractivity contribution in [3.05, 3.63) is 88.3 Å². The van der Waals surface area contributed by atoms with Crippen molar-refractivity contribution in [1.82, 2.24) is 29.3 Å². The Morgan fingerprint density at radius 1 is 1.08 bits per heavy atom. The lowest BCUT2D eigenvalue weighted by Crippen LogP contribution is -2.51. The average Bonchev–Trinajstić information content (AvgIpc) is 3.28. The predicted octanol–water partition coefficient (Wildman–Crippen LogP) is 5.17. The Kier molecular flexibility index (Phi) is 7.49. The summed E-state index contributed by atoms with van der Waals surface area (Å²) in [6.07, 6.45) is 9.42. The highest BCUT2D eigenvalue weighted by Gasteiger charge is 2.41. The molecule has 1 aromatic carbocycles. The molecule has 5 rings (SSSR count). The maximum atomic E-state index is 15.0. The second-order valence-corrected chi connectivity index (χ2v) is 13.4. The van der Waals surface area contributed by atoms with Crippen LogP contribution < -0.4 is 9.62 Å². The molecule has 0 radical (unpaired) electrons. The van der Waals surface area contributed by atoms with Gasteiger partial charge in [0.1, 0.15) is 33.8 Å². The Hall–Kier alpha value is -2.93. The van der Waals surface area contributed by atoms with Gasteiger partial charge in [-0.2, -0.15) is 5.10 Å². The first kappa shape index (κ1) is 27.6. The number of anilines is 1. The van der Waals surface area contributed by atoms with Gasteiger partial charge in [0.05, 0.1) is 0 Å². The largest absolute Gasteiger partial charge is 0.598 e. The van der Waals surface area contributed by atoms with Crippen molar-refractivity contribution in [3.63, 3.8) is 0 Å². The van der Waals surface area contributed by atoms with Crippen molar-refractivity contribution >= 4 is 44.2 Å². The van der Waals surface area contributed by atoms with Gasteiger partial charge >= 0.3 is 0 Å². The van der Waals surface area contributed by atoms with Crippen molar-refractivity contribution in [1.29, 1.82) is 0 Å². The SMILES string of the molecule is CC(C)(C)[S+]([O-])N[C@@](C)(c1cnc(C2=CCN(c3ncnn4cc(Br)cc34)CC2)nc1)c1ccc(F)cc1F. The summed E-state index contributed by atoms with van der Waals surface area (Å²) in [6.45, 7) is 8.50. The van der Waals surface area contributed by atoms with Gasteiger partial charge in [0, 0.05) is 64.7 Å². The molecule has 0 amide bonds. The number of nitrogens with one attached hydrogen (secondary N) is 1. The fourth-order valence-electron chi connectivity index (χ4n) is 4.45. The van der Waals surface area contributed by atoms with E-state index in [1.165, 1.54) is 18.5 Å². The highest BCUT2D eigenvalue weighted by Crippen LogP contribution is 2.34. The standard InChI is InChI=1S/C27H28BrF2N7OS/c1-26(2,3)39(38)35-27(4,21-6-5-20(29)12-22(21)30)18-13-31-24(32-14-18)17-7-9-36(10-8-17)25-23-11-19(28)15-37(23)34-16-33-25/h5-7,11-16,35H,8-10H2,1-4H3/t27-,39?/m0/s1. The molecule has 0 aliphatic carbocycles. The van der Waals surface area contributed by atoms with Gasteiger partial charge < -0.3 is 9.45 Å². The van der Waals surface area contributed by atoms with Crippen LogP contribution in [0.25, 0.3) is 11.1 Å². The zero-order valence-corrected chi connectivity index (χ0v) is 24.4. The third kappa shape index (κ3) is 5.56. The van der Waals surface area contributed by atoms with Gasteiger partial charge in [-0.05, 0) is 67.8 Å². The van der Waals surface area contributed by atoms with E-state index in [-0.39, 0.29) is 5.56 Å². The van der Waals surface area contributed by atoms with Crippen LogP contribution in [-0.4, -0.2) is 47.0 Å². The lowest BCUT2D eigenvalue weighted by Gasteiger charge is -2.35. The molecule has 1 aliphatic heterocycles. The van der Waals surface area contributed by atoms with Gasteiger partial charge in [0.25, 0.3) is 0 Å². The third-order valence-corrected chi connectivity index (χ3v) is 8.84. The zero-order chi connectivity index (χ0) is 27.9. The van der Waals surface area contributed by atoms with Crippen molar-refractivity contribution < 1.29 is 13.3 Å². The van der Waals surface area contributed by atoms with E-state index in [4.69, 9.17) is 0 Å². The number of halogens is 3. The minimum atomic E-state index is -1.56. The molecule has 3 aromatic heterocycles. The lowest BCUT2D eigenvalue weighted by molar-refractivity contribution is 0.456. The van der Waals surface area contributed by atoms with Crippen molar-refractivity contribution in [3.8, 4) is 0 Å². The molecule has 204 valence electrons. The van der Waals surface area contributed by atoms with E-state index in [1.807, 2.05) is 33.0 Å². The fraction of sp³-hybridized carbons (Fsp3) is 0.333. The van der Waals surface area contributed by atoms with Crippen LogP contribution in [0.2, 0.25) is 0 Å². The maximum absolute atomic E-state index is 15.0. The summed E-state index contributed by atoms with van der Waals surface area (Å²) in [5, 5.41) is 4.26. The van der Waals surface area contributed by atoms with Crippen molar-refractivity contribution in [2.45, 2.75) is 44.4 Å². The number of fused-ring (bicyclic) bond motifs is 1. The first-order chi connectivity index (χ1) is 18.5. The Labute approximate surface area is 237 Å². The van der Waals surface area contributed by atoms with Gasteiger partial charge in [0.2, 0.25) is 0 Å². The molecule has 8 nitrogen and oxygen atoms in total. The number of nitrogens with zero attached hydrogens (tertiary/aromatic N) is 6. The Morgan fingerprint density at radius 2 is 1.82 bits per heavy atom. The van der Waals surface area contributed by atoms with Crippen LogP contribution in [-0.2, 0) is 16.9 Å². The molecule has 4 aromatic rings. The van der Waals surface area contributed by atoms with Crippen LogP contribution in [0.4, 0.5) is 14.6 Å². The average molecular weight is 617 g/mol. The van der Waals surface area contributed by atoms with Crippen LogP contribution >= 0.6 is 15.9 Å². The summed E-state index contributed by atoms with van der Waals surface area (Å²) < 4.78 is 46.9. The van der Waals surface area contributed by atoms with Crippen molar-refractivity contribution in [2.75, 3.05) is 18.0 Å². The van der Waals surface area contributed by atoms with E-state index >= 15 is 0 Å². The zero-order valence-electron chi connectivity index (χ0n) is 22.0. The smallest absolute Gasteiger partial charge is 0.156 e. The molecule has 4 heterocycles. The van der Waals surface area contributed by atoms with Gasteiger partial charge in [0.15, 0.2) is 11.6 Å². The molecule has 0 bridgehead atoms. The first-order valence-corrected chi connectivity index (χ1v) is 14.3. The minimum Gasteiger partial charge on any atom is -0.598 e. The summed E-state index contributed by atoms with van der Waals surface area (Å²) in [5.41, 5.74) is 1.29. The topological polar surface area (TPSA) is 94.3 Å². The molecule has 1 aliphatic rings. The normalized spacial score (nSPS) is 16.7. The molecule has 0 fully saturated rings. The van der Waals surface area contributed by atoms with Gasteiger partial charge in [-0.3, -0.25) is 0 Å². The van der Waals surface area contributed by atoms with E-state index in [1.54, 1.807) is 23.8 Å². The molecule has 0 saturated heterocycles. The van der Waals surface area contributed by atoms with E-state index in [9.17, 15) is 13.3 Å². The van der Waals surface area contributed by atoms with Gasteiger partial charge in [-0.15, -0.1) is 4.72 Å². The second kappa shape index (κ2) is 10.6. The second-order valence-electron chi connectivity index (χ2n) is 10.5. The Morgan fingerprint density at radius 3 is 2.46 bits per heavy atom. The van der Waals surface area contributed by atoms with Gasteiger partial charge in [-0.1, -0.05) is 12.1 Å². The van der Waals surface area contributed by atoms with Crippen LogP contribution in [0.5, 0.6) is 0 Å². The number of aromatic nitrogens is 5. The molecule has 39 heavy (non-hydrogen) atoms. The summed E-state index contributed by atoms with van der Waals surface area (Å²) in [6, 6.07) is 5.35. The molecule has 12 heteroatoms. The van der Waals surface area contributed by atoms with E-state index < -0.39 is 33.3 Å². The summed E-state index contributed by atoms with van der Waals surface area (Å²) in [5.74, 6) is -0.0237. The summed E-state index contributed by atoms with van der Waals surface area (Å²) >= 11 is 1.93. The Balaban J connectivity index is 1.42. The van der Waals surface area contributed by atoms with E-state index in [0.717, 1.165) is 34.0 Å². The molecular formula is C27H28BrF2N7OS. The van der Waals surface area contributed by atoms with Crippen LogP contribution in [0.1, 0.15) is 51.1 Å². The highest BCUT2D eigenvalue weighted by atomic mass is 79.9. The quantitative estimate of drug-likeness (QED) is 0.299. The Bertz CT molecular complexity index is 1540.